The Labute approximate surface area is 117 Å². The molecule has 0 saturated heterocycles. The molecular formula is C12H16N2O5S. The highest BCUT2D eigenvalue weighted by Crippen LogP contribution is 2.32. The predicted molar refractivity (Wildman–Crippen MR) is 73.4 cm³/mol. The van der Waals surface area contributed by atoms with Crippen LogP contribution < -0.4 is 9.03 Å². The van der Waals surface area contributed by atoms with Gasteiger partial charge in [-0.15, -0.1) is 0 Å². The Bertz CT molecular complexity index is 639. The number of aromatic hydroxyl groups is 1. The summed E-state index contributed by atoms with van der Waals surface area (Å²) >= 11 is 0. The van der Waals surface area contributed by atoms with Crippen LogP contribution >= 0.6 is 0 Å². The van der Waals surface area contributed by atoms with E-state index in [2.05, 4.69) is 0 Å². The van der Waals surface area contributed by atoms with Crippen molar-refractivity contribution in [3.05, 3.63) is 35.8 Å². The first kappa shape index (κ1) is 14.5. The average molecular weight is 300 g/mol. The summed E-state index contributed by atoms with van der Waals surface area (Å²) in [6.45, 7) is 1.67. The van der Waals surface area contributed by atoms with Crippen LogP contribution in [0.4, 0.5) is 5.69 Å². The highest BCUT2D eigenvalue weighted by Gasteiger charge is 2.30. The van der Waals surface area contributed by atoms with Gasteiger partial charge >= 0.3 is 10.2 Å². The first-order valence-corrected chi connectivity index (χ1v) is 7.46. The number of aliphatic hydroxyl groups is 2. The summed E-state index contributed by atoms with van der Waals surface area (Å²) in [6.07, 6.45) is 1.64. The molecule has 0 aromatic heterocycles. The summed E-state index contributed by atoms with van der Waals surface area (Å²) in [6, 6.07) is 4.55. The molecule has 0 radical (unpaired) electrons. The lowest BCUT2D eigenvalue weighted by molar-refractivity contribution is 0.185. The van der Waals surface area contributed by atoms with Gasteiger partial charge < -0.3 is 15.3 Å². The van der Waals surface area contributed by atoms with E-state index < -0.39 is 22.2 Å². The van der Waals surface area contributed by atoms with Crippen LogP contribution in [0, 0.1) is 0 Å². The SMILES string of the molecule is CC(O)CCc1ccc(N2C=C(O)NS2(=O)=O)c(O)c1. The zero-order valence-electron chi connectivity index (χ0n) is 10.8. The maximum absolute atomic E-state index is 11.7. The highest BCUT2D eigenvalue weighted by atomic mass is 32.2. The zero-order chi connectivity index (χ0) is 14.9. The summed E-state index contributed by atoms with van der Waals surface area (Å²) < 4.78 is 26.0. The fourth-order valence-corrected chi connectivity index (χ4v) is 2.94. The maximum atomic E-state index is 11.7. The number of anilines is 1. The van der Waals surface area contributed by atoms with Crippen LogP contribution in [0.2, 0.25) is 0 Å². The number of nitrogens with zero attached hydrogens (tertiary/aromatic N) is 1. The number of aliphatic hydroxyl groups excluding tert-OH is 2. The third-order valence-corrected chi connectivity index (χ3v) is 4.15. The molecule has 0 aliphatic carbocycles. The minimum Gasteiger partial charge on any atom is -0.506 e. The van der Waals surface area contributed by atoms with E-state index in [0.717, 1.165) is 16.1 Å². The summed E-state index contributed by atoms with van der Waals surface area (Å²) in [7, 11) is -3.91. The number of phenols is 1. The Balaban J connectivity index is 2.26. The van der Waals surface area contributed by atoms with Gasteiger partial charge in [-0.3, -0.25) is 0 Å². The van der Waals surface area contributed by atoms with Gasteiger partial charge in [-0.25, -0.2) is 9.03 Å². The van der Waals surface area contributed by atoms with E-state index in [1.807, 2.05) is 4.72 Å². The van der Waals surface area contributed by atoms with Crippen LogP contribution in [0.3, 0.4) is 0 Å². The molecule has 1 aliphatic heterocycles. The standard InChI is InChI=1S/C12H16N2O5S/c1-8(15)2-3-9-4-5-10(11(16)6-9)14-7-12(17)13-20(14,18)19/h4-8,13,15-17H,2-3H2,1H3. The van der Waals surface area contributed by atoms with Gasteiger partial charge in [0.2, 0.25) is 5.88 Å². The van der Waals surface area contributed by atoms with E-state index in [9.17, 15) is 23.7 Å². The molecule has 1 unspecified atom stereocenters. The second kappa shape index (κ2) is 5.22. The van der Waals surface area contributed by atoms with Crippen LogP contribution in [-0.2, 0) is 16.6 Å². The number of benzene rings is 1. The van der Waals surface area contributed by atoms with Gasteiger partial charge in [0.25, 0.3) is 0 Å². The van der Waals surface area contributed by atoms with Crippen molar-refractivity contribution in [3.63, 3.8) is 0 Å². The predicted octanol–water partition coefficient (Wildman–Crippen LogP) is 0.717. The van der Waals surface area contributed by atoms with E-state index in [1.165, 1.54) is 12.1 Å². The first-order valence-electron chi connectivity index (χ1n) is 6.02. The number of hydrogen-bond donors (Lipinski definition) is 4. The second-order valence-electron chi connectivity index (χ2n) is 4.63. The topological polar surface area (TPSA) is 110 Å². The first-order chi connectivity index (χ1) is 9.29. The lowest BCUT2D eigenvalue weighted by atomic mass is 10.1. The smallest absolute Gasteiger partial charge is 0.330 e. The van der Waals surface area contributed by atoms with Crippen LogP contribution in [-0.4, -0.2) is 29.8 Å². The normalized spacial score (nSPS) is 18.5. The van der Waals surface area contributed by atoms with Gasteiger partial charge in [-0.05, 0) is 37.5 Å². The van der Waals surface area contributed by atoms with E-state index >= 15 is 0 Å². The Morgan fingerprint density at radius 1 is 1.35 bits per heavy atom. The summed E-state index contributed by atoms with van der Waals surface area (Å²) in [4.78, 5) is 0. The molecule has 1 atom stereocenters. The van der Waals surface area contributed by atoms with Gasteiger partial charge in [0.1, 0.15) is 11.4 Å². The summed E-state index contributed by atoms with van der Waals surface area (Å²) in [5.74, 6) is -0.730. The van der Waals surface area contributed by atoms with E-state index in [0.29, 0.717) is 12.8 Å². The molecule has 1 aliphatic rings. The lowest BCUT2D eigenvalue weighted by Gasteiger charge is -2.16. The van der Waals surface area contributed by atoms with Gasteiger partial charge in [-0.2, -0.15) is 8.42 Å². The summed E-state index contributed by atoms with van der Waals surface area (Å²) in [5.41, 5.74) is 0.826. The molecule has 0 bridgehead atoms. The van der Waals surface area contributed by atoms with Crippen molar-refractivity contribution in [3.8, 4) is 5.75 Å². The highest BCUT2D eigenvalue weighted by molar-refractivity contribution is 7.91. The fraction of sp³-hybridized carbons (Fsp3) is 0.333. The van der Waals surface area contributed by atoms with Crippen molar-refractivity contribution in [1.29, 1.82) is 0 Å². The minimum atomic E-state index is -3.91. The van der Waals surface area contributed by atoms with E-state index in [-0.39, 0.29) is 11.4 Å². The zero-order valence-corrected chi connectivity index (χ0v) is 11.6. The van der Waals surface area contributed by atoms with Gasteiger partial charge in [0.05, 0.1) is 12.3 Å². The molecule has 0 saturated carbocycles. The van der Waals surface area contributed by atoms with Gasteiger partial charge in [-0.1, -0.05) is 6.07 Å². The lowest BCUT2D eigenvalue weighted by Crippen LogP contribution is -2.29. The molecule has 2 rings (SSSR count). The molecule has 0 amide bonds. The molecule has 1 heterocycles. The van der Waals surface area contributed by atoms with Gasteiger partial charge in [0.15, 0.2) is 0 Å². The van der Waals surface area contributed by atoms with Crippen molar-refractivity contribution in [1.82, 2.24) is 4.72 Å². The molecule has 110 valence electrons. The molecule has 8 heteroatoms. The number of phenolic OH excluding ortho intramolecular Hbond substituents is 1. The van der Waals surface area contributed by atoms with Crippen molar-refractivity contribution < 1.29 is 23.7 Å². The average Bonchev–Trinajstić information content (AvgIpc) is 2.60. The Hall–Kier alpha value is -1.93. The third-order valence-electron chi connectivity index (χ3n) is 2.86. The molecule has 1 aromatic rings. The van der Waals surface area contributed by atoms with Crippen molar-refractivity contribution in [2.45, 2.75) is 25.9 Å². The Morgan fingerprint density at radius 2 is 2.05 bits per heavy atom. The van der Waals surface area contributed by atoms with Gasteiger partial charge in [0, 0.05) is 0 Å². The van der Waals surface area contributed by atoms with Crippen LogP contribution in [0.15, 0.2) is 30.3 Å². The largest absolute Gasteiger partial charge is 0.506 e. The quantitative estimate of drug-likeness (QED) is 0.655. The molecule has 4 N–H and O–H groups in total. The Kier molecular flexibility index (Phi) is 3.78. The molecule has 20 heavy (non-hydrogen) atoms. The minimum absolute atomic E-state index is 0.0438. The molecule has 0 spiro atoms. The second-order valence-corrected chi connectivity index (χ2v) is 6.18. The number of aryl methyl sites for hydroxylation is 1. The molecule has 0 fully saturated rings. The third kappa shape index (κ3) is 2.97. The van der Waals surface area contributed by atoms with Crippen LogP contribution in [0.1, 0.15) is 18.9 Å². The molecule has 7 nitrogen and oxygen atoms in total. The number of rotatable bonds is 4. The van der Waals surface area contributed by atoms with Crippen molar-refractivity contribution in [2.24, 2.45) is 0 Å². The maximum Gasteiger partial charge on any atom is 0.330 e. The number of hydrogen-bond acceptors (Lipinski definition) is 5. The molecular weight excluding hydrogens is 284 g/mol. The number of nitrogens with one attached hydrogen (secondary N) is 1. The monoisotopic (exact) mass is 300 g/mol. The van der Waals surface area contributed by atoms with E-state index in [4.69, 9.17) is 0 Å². The van der Waals surface area contributed by atoms with Crippen molar-refractivity contribution in [2.75, 3.05) is 4.31 Å². The fourth-order valence-electron chi connectivity index (χ4n) is 1.87. The molecule has 1 aromatic carbocycles. The van der Waals surface area contributed by atoms with Crippen LogP contribution in [0.25, 0.3) is 0 Å². The van der Waals surface area contributed by atoms with Crippen molar-refractivity contribution >= 4 is 15.9 Å². The van der Waals surface area contributed by atoms with E-state index in [1.54, 1.807) is 13.0 Å². The Morgan fingerprint density at radius 3 is 2.55 bits per heavy atom. The summed E-state index contributed by atoms with van der Waals surface area (Å²) in [5, 5.41) is 28.3. The van der Waals surface area contributed by atoms with Crippen LogP contribution in [0.5, 0.6) is 5.75 Å².